The van der Waals surface area contributed by atoms with Gasteiger partial charge in [0, 0.05) is 24.6 Å². The summed E-state index contributed by atoms with van der Waals surface area (Å²) in [5.74, 6) is -0.105. The molecule has 2 aromatic heterocycles. The van der Waals surface area contributed by atoms with Crippen LogP contribution in [0.25, 0.3) is 11.0 Å². The lowest BCUT2D eigenvalue weighted by molar-refractivity contribution is -0.136. The third kappa shape index (κ3) is 4.24. The maximum absolute atomic E-state index is 13.7. The smallest absolute Gasteiger partial charge is 0.418 e. The largest absolute Gasteiger partial charge is 0.495 e. The van der Waals surface area contributed by atoms with Gasteiger partial charge in [0.05, 0.1) is 28.6 Å². The number of aromatic nitrogens is 3. The van der Waals surface area contributed by atoms with Gasteiger partial charge in [-0.15, -0.1) is 0 Å². The zero-order chi connectivity index (χ0) is 23.1. The minimum absolute atomic E-state index is 0.0159. The second kappa shape index (κ2) is 7.91. The predicted molar refractivity (Wildman–Crippen MR) is 111 cm³/mol. The fraction of sp³-hybridized carbons (Fsp3) is 0.368. The van der Waals surface area contributed by atoms with Crippen LogP contribution in [0.15, 0.2) is 29.3 Å². The number of hydrogen-bond acceptors (Lipinski definition) is 7. The van der Waals surface area contributed by atoms with E-state index in [1.807, 2.05) is 6.92 Å². The highest BCUT2D eigenvalue weighted by atomic mass is 32.2. The number of rotatable bonds is 6. The summed E-state index contributed by atoms with van der Waals surface area (Å²) in [5, 5.41) is -0.240. The number of halogens is 3. The first-order valence-corrected chi connectivity index (χ1v) is 11.2. The van der Waals surface area contributed by atoms with E-state index in [-0.39, 0.29) is 39.5 Å². The van der Waals surface area contributed by atoms with E-state index in [2.05, 4.69) is 15.0 Å². The Bertz CT molecular complexity index is 1220. The Morgan fingerprint density at radius 2 is 1.97 bits per heavy atom. The molecule has 0 aliphatic heterocycles. The van der Waals surface area contributed by atoms with Crippen LogP contribution in [0.2, 0.25) is 0 Å². The summed E-state index contributed by atoms with van der Waals surface area (Å²) in [5.41, 5.74) is 5.14. The maximum atomic E-state index is 13.7. The van der Waals surface area contributed by atoms with Gasteiger partial charge in [0.15, 0.2) is 9.84 Å². The van der Waals surface area contributed by atoms with Crippen molar-refractivity contribution in [2.45, 2.75) is 37.4 Å². The van der Waals surface area contributed by atoms with E-state index >= 15 is 0 Å². The quantitative estimate of drug-likeness (QED) is 0.577. The molecular weight excluding hydrogens is 435 g/mol. The van der Waals surface area contributed by atoms with Crippen molar-refractivity contribution in [3.8, 4) is 5.75 Å². The van der Waals surface area contributed by atoms with Crippen molar-refractivity contribution in [1.29, 1.82) is 0 Å². The third-order valence-electron chi connectivity index (χ3n) is 4.93. The Labute approximate surface area is 177 Å². The van der Waals surface area contributed by atoms with E-state index in [4.69, 9.17) is 10.5 Å². The van der Waals surface area contributed by atoms with Crippen LogP contribution >= 0.6 is 0 Å². The molecule has 0 aliphatic carbocycles. The van der Waals surface area contributed by atoms with E-state index < -0.39 is 21.6 Å². The van der Waals surface area contributed by atoms with Gasteiger partial charge in [0.1, 0.15) is 17.2 Å². The molecule has 3 rings (SSSR count). The summed E-state index contributed by atoms with van der Waals surface area (Å²) >= 11 is 0. The van der Waals surface area contributed by atoms with Crippen molar-refractivity contribution in [3.63, 3.8) is 0 Å². The number of alkyl halides is 3. The molecule has 0 spiro atoms. The number of fused-ring (bicyclic) bond motifs is 1. The summed E-state index contributed by atoms with van der Waals surface area (Å²) < 4.78 is 70.4. The van der Waals surface area contributed by atoms with Gasteiger partial charge < -0.3 is 20.4 Å². The monoisotopic (exact) mass is 457 g/mol. The normalized spacial score (nSPS) is 13.4. The molecule has 0 saturated heterocycles. The average Bonchev–Trinajstić information content (AvgIpc) is 3.11. The summed E-state index contributed by atoms with van der Waals surface area (Å²) in [6.07, 6.45) is -2.25. The number of nitrogens with two attached hydrogens (primary N) is 1. The Morgan fingerprint density at radius 1 is 1.29 bits per heavy atom. The van der Waals surface area contributed by atoms with E-state index in [1.165, 1.54) is 25.3 Å². The highest BCUT2D eigenvalue weighted by molar-refractivity contribution is 7.90. The molecule has 0 radical (unpaired) electrons. The van der Waals surface area contributed by atoms with E-state index in [0.29, 0.717) is 12.1 Å². The molecule has 12 heteroatoms. The van der Waals surface area contributed by atoms with Gasteiger partial charge in [-0.2, -0.15) is 23.1 Å². The fourth-order valence-electron chi connectivity index (χ4n) is 3.26. The summed E-state index contributed by atoms with van der Waals surface area (Å²) in [7, 11) is -2.18. The van der Waals surface area contributed by atoms with Crippen LogP contribution in [-0.2, 0) is 16.0 Å². The predicted octanol–water partition coefficient (Wildman–Crippen LogP) is 3.91. The first kappa shape index (κ1) is 22.7. The van der Waals surface area contributed by atoms with Crippen molar-refractivity contribution in [3.05, 3.63) is 30.0 Å². The van der Waals surface area contributed by atoms with Crippen LogP contribution in [0.3, 0.4) is 0 Å². The average molecular weight is 457 g/mol. The van der Waals surface area contributed by atoms with Crippen LogP contribution in [-0.4, -0.2) is 42.8 Å². The fourth-order valence-corrected chi connectivity index (χ4v) is 3.90. The van der Waals surface area contributed by atoms with Gasteiger partial charge in [-0.1, -0.05) is 6.92 Å². The molecule has 0 amide bonds. The molecule has 168 valence electrons. The van der Waals surface area contributed by atoms with Crippen molar-refractivity contribution in [1.82, 2.24) is 15.0 Å². The van der Waals surface area contributed by atoms with Crippen LogP contribution < -0.4 is 15.4 Å². The first-order valence-electron chi connectivity index (χ1n) is 9.27. The maximum Gasteiger partial charge on any atom is 0.418 e. The highest BCUT2D eigenvalue weighted by Gasteiger charge is 2.37. The number of hydrogen-bond donors (Lipinski definition) is 2. The van der Waals surface area contributed by atoms with Gasteiger partial charge in [0.25, 0.3) is 0 Å². The Hall–Kier alpha value is -3.02. The SMILES string of the molecule is CCC(C)N(c1ccc(S(C)(=O)=O)cc1OC)c1nc(N)nc2[nH]cc(C(F)(F)F)c12. The van der Waals surface area contributed by atoms with Gasteiger partial charge in [-0.25, -0.2) is 8.42 Å². The molecule has 0 fully saturated rings. The lowest BCUT2D eigenvalue weighted by atomic mass is 10.1. The lowest BCUT2D eigenvalue weighted by Gasteiger charge is -2.32. The lowest BCUT2D eigenvalue weighted by Crippen LogP contribution is -2.30. The zero-order valence-electron chi connectivity index (χ0n) is 17.3. The standard InChI is InChI=1S/C19H22F3N5O3S/c1-5-10(2)27(13-7-6-11(31(4,28)29)8-14(13)30-3)17-15-12(19(20,21)22)9-24-16(15)25-18(23)26-17/h6-10H,5H2,1-4H3,(H3,23,24,25,26). The number of ether oxygens (including phenoxy) is 1. The Kier molecular flexibility index (Phi) is 5.78. The minimum Gasteiger partial charge on any atom is -0.495 e. The van der Waals surface area contributed by atoms with E-state index in [0.717, 1.165) is 12.5 Å². The number of H-pyrrole nitrogens is 1. The Morgan fingerprint density at radius 3 is 2.52 bits per heavy atom. The second-order valence-electron chi connectivity index (χ2n) is 7.06. The summed E-state index contributed by atoms with van der Waals surface area (Å²) in [6.45, 7) is 3.66. The van der Waals surface area contributed by atoms with Gasteiger partial charge >= 0.3 is 6.18 Å². The Balaban J connectivity index is 2.36. The van der Waals surface area contributed by atoms with E-state index in [9.17, 15) is 21.6 Å². The van der Waals surface area contributed by atoms with Gasteiger partial charge in [0.2, 0.25) is 5.95 Å². The highest BCUT2D eigenvalue weighted by Crippen LogP contribution is 2.43. The molecule has 1 atom stereocenters. The van der Waals surface area contributed by atoms with Crippen molar-refractivity contribution < 1.29 is 26.3 Å². The zero-order valence-corrected chi connectivity index (χ0v) is 18.1. The molecule has 31 heavy (non-hydrogen) atoms. The molecule has 2 heterocycles. The van der Waals surface area contributed by atoms with Crippen LogP contribution in [0.5, 0.6) is 5.75 Å². The minimum atomic E-state index is -4.65. The number of aromatic amines is 1. The number of nitrogens with one attached hydrogen (secondary N) is 1. The molecule has 8 nitrogen and oxygen atoms in total. The molecule has 0 bridgehead atoms. The number of sulfone groups is 1. The molecule has 3 N–H and O–H groups in total. The number of nitrogen functional groups attached to an aromatic ring is 1. The van der Waals surface area contributed by atoms with Crippen molar-refractivity contribution in [2.24, 2.45) is 0 Å². The van der Waals surface area contributed by atoms with Gasteiger partial charge in [-0.05, 0) is 25.5 Å². The second-order valence-corrected chi connectivity index (χ2v) is 9.08. The van der Waals surface area contributed by atoms with E-state index in [1.54, 1.807) is 11.8 Å². The summed E-state index contributed by atoms with van der Waals surface area (Å²) in [6, 6.07) is 3.83. The van der Waals surface area contributed by atoms with Gasteiger partial charge in [-0.3, -0.25) is 0 Å². The number of methoxy groups -OCH3 is 1. The molecule has 1 aromatic carbocycles. The third-order valence-corrected chi connectivity index (χ3v) is 6.04. The van der Waals surface area contributed by atoms with Crippen LogP contribution in [0, 0.1) is 0 Å². The number of anilines is 3. The number of nitrogens with zero attached hydrogens (tertiary/aromatic N) is 3. The molecule has 0 aliphatic rings. The summed E-state index contributed by atoms with van der Waals surface area (Å²) in [4.78, 5) is 12.1. The molecule has 3 aromatic rings. The molecule has 0 saturated carbocycles. The van der Waals surface area contributed by atoms with Crippen molar-refractivity contribution in [2.75, 3.05) is 24.0 Å². The molecule has 1 unspecified atom stereocenters. The first-order chi connectivity index (χ1) is 14.4. The van der Waals surface area contributed by atoms with Crippen LogP contribution in [0.1, 0.15) is 25.8 Å². The van der Waals surface area contributed by atoms with Crippen molar-refractivity contribution >= 4 is 38.3 Å². The molecular formula is C19H22F3N5O3S. The number of benzene rings is 1. The topological polar surface area (TPSA) is 114 Å². The van der Waals surface area contributed by atoms with Crippen LogP contribution in [0.4, 0.5) is 30.6 Å².